The standard InChI is InChI=1S/C20H24FN/c1-3-6-16-9-11-17(13-20(16)21)22-14(2)18-12-10-15-7-4-5-8-19(15)18/h5,8-9,11,13,18,22H,2-4,6-7,10,12H2,1H3. The number of rotatable bonds is 5. The third-order valence-corrected chi connectivity index (χ3v) is 4.73. The van der Waals surface area contributed by atoms with Crippen molar-refractivity contribution in [2.24, 2.45) is 5.92 Å². The summed E-state index contributed by atoms with van der Waals surface area (Å²) in [5.74, 6) is 0.244. The molecule has 2 heteroatoms. The van der Waals surface area contributed by atoms with Crippen LogP contribution >= 0.6 is 0 Å². The highest BCUT2D eigenvalue weighted by molar-refractivity contribution is 5.52. The van der Waals surface area contributed by atoms with Gasteiger partial charge in [0.05, 0.1) is 0 Å². The van der Waals surface area contributed by atoms with Crippen LogP contribution in [0.3, 0.4) is 0 Å². The topological polar surface area (TPSA) is 12.0 Å². The van der Waals surface area contributed by atoms with Crippen LogP contribution in [0.2, 0.25) is 0 Å². The van der Waals surface area contributed by atoms with Crippen molar-refractivity contribution in [1.82, 2.24) is 0 Å². The van der Waals surface area contributed by atoms with Crippen LogP contribution < -0.4 is 5.32 Å². The van der Waals surface area contributed by atoms with Gasteiger partial charge in [0.1, 0.15) is 5.82 Å². The smallest absolute Gasteiger partial charge is 0.128 e. The first-order chi connectivity index (χ1) is 10.7. The van der Waals surface area contributed by atoms with Crippen LogP contribution in [0.15, 0.2) is 53.8 Å². The minimum atomic E-state index is -0.122. The monoisotopic (exact) mass is 297 g/mol. The molecular weight excluding hydrogens is 273 g/mol. The quantitative estimate of drug-likeness (QED) is 0.728. The van der Waals surface area contributed by atoms with Crippen LogP contribution in [-0.4, -0.2) is 0 Å². The zero-order chi connectivity index (χ0) is 15.5. The summed E-state index contributed by atoms with van der Waals surface area (Å²) in [6, 6.07) is 5.44. The number of allylic oxidation sites excluding steroid dienone is 4. The Morgan fingerprint density at radius 2 is 2.23 bits per heavy atom. The van der Waals surface area contributed by atoms with Gasteiger partial charge in [-0.1, -0.05) is 43.7 Å². The minimum Gasteiger partial charge on any atom is -0.359 e. The first-order valence-electron chi connectivity index (χ1n) is 8.31. The molecule has 2 aliphatic carbocycles. The molecule has 22 heavy (non-hydrogen) atoms. The number of hydrogen-bond acceptors (Lipinski definition) is 1. The minimum absolute atomic E-state index is 0.122. The average molecular weight is 297 g/mol. The second kappa shape index (κ2) is 6.51. The molecule has 0 spiro atoms. The molecule has 0 aromatic heterocycles. The molecule has 1 aromatic carbocycles. The Labute approximate surface area is 132 Å². The fourth-order valence-electron chi connectivity index (χ4n) is 3.57. The molecule has 0 heterocycles. The van der Waals surface area contributed by atoms with Crippen molar-refractivity contribution in [2.75, 3.05) is 5.32 Å². The van der Waals surface area contributed by atoms with Crippen molar-refractivity contribution in [3.8, 4) is 0 Å². The summed E-state index contributed by atoms with van der Waals surface area (Å²) in [5, 5.41) is 3.32. The van der Waals surface area contributed by atoms with E-state index in [4.69, 9.17) is 0 Å². The largest absolute Gasteiger partial charge is 0.359 e. The highest BCUT2D eigenvalue weighted by Crippen LogP contribution is 2.41. The van der Waals surface area contributed by atoms with Gasteiger partial charge in [0.15, 0.2) is 0 Å². The van der Waals surface area contributed by atoms with Gasteiger partial charge in [-0.3, -0.25) is 0 Å². The van der Waals surface area contributed by atoms with Crippen molar-refractivity contribution in [1.29, 1.82) is 0 Å². The molecule has 1 N–H and O–H groups in total. The Bertz CT molecular complexity index is 639. The summed E-state index contributed by atoms with van der Waals surface area (Å²) >= 11 is 0. The molecule has 1 aromatic rings. The van der Waals surface area contributed by atoms with Gasteiger partial charge in [-0.25, -0.2) is 4.39 Å². The van der Waals surface area contributed by atoms with Gasteiger partial charge in [0.25, 0.3) is 0 Å². The van der Waals surface area contributed by atoms with E-state index in [2.05, 4.69) is 31.0 Å². The fourth-order valence-corrected chi connectivity index (χ4v) is 3.57. The number of hydrogen-bond donors (Lipinski definition) is 1. The zero-order valence-electron chi connectivity index (χ0n) is 13.3. The van der Waals surface area contributed by atoms with Gasteiger partial charge in [0.2, 0.25) is 0 Å². The number of benzene rings is 1. The summed E-state index contributed by atoms with van der Waals surface area (Å²) in [7, 11) is 0. The predicted molar refractivity (Wildman–Crippen MR) is 91.3 cm³/mol. The summed E-state index contributed by atoms with van der Waals surface area (Å²) < 4.78 is 14.0. The third-order valence-electron chi connectivity index (χ3n) is 4.73. The van der Waals surface area contributed by atoms with E-state index in [0.29, 0.717) is 5.92 Å². The van der Waals surface area contributed by atoms with E-state index >= 15 is 0 Å². The molecule has 1 atom stereocenters. The van der Waals surface area contributed by atoms with Gasteiger partial charge in [-0.2, -0.15) is 0 Å². The van der Waals surface area contributed by atoms with Gasteiger partial charge in [0, 0.05) is 17.3 Å². The van der Waals surface area contributed by atoms with Crippen LogP contribution in [0.4, 0.5) is 10.1 Å². The lowest BCUT2D eigenvalue weighted by Crippen LogP contribution is -2.11. The lowest BCUT2D eigenvalue weighted by molar-refractivity contribution is 0.607. The Balaban J connectivity index is 1.71. The highest BCUT2D eigenvalue weighted by atomic mass is 19.1. The maximum atomic E-state index is 14.0. The first kappa shape index (κ1) is 15.1. The van der Waals surface area contributed by atoms with Crippen molar-refractivity contribution >= 4 is 5.69 Å². The van der Waals surface area contributed by atoms with E-state index in [-0.39, 0.29) is 5.82 Å². The lowest BCUT2D eigenvalue weighted by atomic mass is 9.93. The second-order valence-corrected chi connectivity index (χ2v) is 6.30. The van der Waals surface area contributed by atoms with E-state index in [1.54, 1.807) is 11.6 Å². The van der Waals surface area contributed by atoms with Crippen molar-refractivity contribution in [3.05, 3.63) is 65.2 Å². The molecular formula is C20H24FN. The molecule has 0 saturated heterocycles. The number of aryl methyl sites for hydroxylation is 1. The van der Waals surface area contributed by atoms with E-state index in [0.717, 1.165) is 42.6 Å². The third kappa shape index (κ3) is 3.01. The van der Waals surface area contributed by atoms with E-state index < -0.39 is 0 Å². The second-order valence-electron chi connectivity index (χ2n) is 6.30. The Kier molecular flexibility index (Phi) is 4.47. The van der Waals surface area contributed by atoms with E-state index in [9.17, 15) is 4.39 Å². The highest BCUT2D eigenvalue weighted by Gasteiger charge is 2.27. The number of nitrogens with one attached hydrogen (secondary N) is 1. The molecule has 2 aliphatic rings. The molecule has 3 rings (SSSR count). The molecule has 1 nitrogen and oxygen atoms in total. The maximum absolute atomic E-state index is 14.0. The van der Waals surface area contributed by atoms with Crippen molar-refractivity contribution < 1.29 is 4.39 Å². The van der Waals surface area contributed by atoms with Crippen LogP contribution in [0.25, 0.3) is 0 Å². The maximum Gasteiger partial charge on any atom is 0.128 e. The van der Waals surface area contributed by atoms with Crippen LogP contribution in [-0.2, 0) is 6.42 Å². The Morgan fingerprint density at radius 1 is 1.36 bits per heavy atom. The van der Waals surface area contributed by atoms with Gasteiger partial charge in [-0.05, 0) is 55.4 Å². The summed E-state index contributed by atoms with van der Waals surface area (Å²) in [4.78, 5) is 0. The Morgan fingerprint density at radius 3 is 3.00 bits per heavy atom. The molecule has 0 fully saturated rings. The number of halogens is 1. The molecule has 1 unspecified atom stereocenters. The SMILES string of the molecule is C=C(Nc1ccc(CCC)c(F)c1)C1CCC2=C1C=CCC2. The molecule has 0 saturated carbocycles. The normalized spacial score (nSPS) is 20.2. The van der Waals surface area contributed by atoms with Crippen molar-refractivity contribution in [2.45, 2.75) is 45.4 Å². The Hall–Kier alpha value is -1.83. The fraction of sp³-hybridized carbons (Fsp3) is 0.400. The molecule has 0 amide bonds. The van der Waals surface area contributed by atoms with Gasteiger partial charge < -0.3 is 5.32 Å². The van der Waals surface area contributed by atoms with E-state index in [1.165, 1.54) is 18.4 Å². The summed E-state index contributed by atoms with van der Waals surface area (Å²) in [6.45, 7) is 6.28. The molecule has 0 bridgehead atoms. The molecule has 0 aliphatic heterocycles. The average Bonchev–Trinajstić information content (AvgIpc) is 2.94. The lowest BCUT2D eigenvalue weighted by Gasteiger charge is -2.20. The summed E-state index contributed by atoms with van der Waals surface area (Å²) in [6.07, 6.45) is 10.9. The van der Waals surface area contributed by atoms with Crippen LogP contribution in [0.5, 0.6) is 0 Å². The van der Waals surface area contributed by atoms with Crippen molar-refractivity contribution in [3.63, 3.8) is 0 Å². The van der Waals surface area contributed by atoms with Crippen LogP contribution in [0, 0.1) is 11.7 Å². The predicted octanol–water partition coefficient (Wildman–Crippen LogP) is 5.76. The van der Waals surface area contributed by atoms with Gasteiger partial charge in [-0.15, -0.1) is 0 Å². The molecule has 0 radical (unpaired) electrons. The van der Waals surface area contributed by atoms with Crippen LogP contribution in [0.1, 0.15) is 44.6 Å². The number of anilines is 1. The zero-order valence-corrected chi connectivity index (χ0v) is 13.3. The van der Waals surface area contributed by atoms with Gasteiger partial charge >= 0.3 is 0 Å². The molecule has 116 valence electrons. The van der Waals surface area contributed by atoms with E-state index in [1.807, 2.05) is 12.1 Å². The summed E-state index contributed by atoms with van der Waals surface area (Å²) in [5.41, 5.74) is 5.60. The first-order valence-corrected chi connectivity index (χ1v) is 8.31.